The zero-order valence-corrected chi connectivity index (χ0v) is 16.1. The fourth-order valence-corrected chi connectivity index (χ4v) is 3.55. The van der Waals surface area contributed by atoms with E-state index in [0.29, 0.717) is 19.1 Å². The van der Waals surface area contributed by atoms with Crippen molar-refractivity contribution in [3.05, 3.63) is 0 Å². The van der Waals surface area contributed by atoms with Gasteiger partial charge in [-0.1, -0.05) is 6.92 Å². The van der Waals surface area contributed by atoms with Crippen LogP contribution in [-0.4, -0.2) is 97.5 Å². The van der Waals surface area contributed by atoms with E-state index in [9.17, 15) is 9.59 Å². The number of carbonyl (C=O) groups excluding carboxylic acids is 2. The van der Waals surface area contributed by atoms with Crippen LogP contribution in [0.5, 0.6) is 0 Å². The molecule has 7 heteroatoms. The molecule has 0 aromatic carbocycles. The molecule has 2 aliphatic heterocycles. The van der Waals surface area contributed by atoms with E-state index in [1.54, 1.807) is 0 Å². The predicted molar refractivity (Wildman–Crippen MR) is 99.4 cm³/mol. The summed E-state index contributed by atoms with van der Waals surface area (Å²) in [6.07, 6.45) is 2.11. The van der Waals surface area contributed by atoms with E-state index in [2.05, 4.69) is 32.3 Å². The van der Waals surface area contributed by atoms with E-state index in [0.717, 1.165) is 58.7 Å². The number of hydrogen-bond donors (Lipinski definition) is 2. The van der Waals surface area contributed by atoms with Crippen molar-refractivity contribution in [2.45, 2.75) is 45.7 Å². The van der Waals surface area contributed by atoms with Crippen LogP contribution in [0.4, 0.5) is 0 Å². The fraction of sp³-hybridized carbons (Fsp3) is 0.889. The first-order valence-electron chi connectivity index (χ1n) is 9.72. The number of amides is 2. The van der Waals surface area contributed by atoms with Crippen LogP contribution in [0, 0.1) is 0 Å². The molecule has 0 aliphatic carbocycles. The molecule has 0 bridgehead atoms. The van der Waals surface area contributed by atoms with Gasteiger partial charge in [0.25, 0.3) is 0 Å². The Balaban J connectivity index is 1.61. The van der Waals surface area contributed by atoms with Gasteiger partial charge in [-0.3, -0.25) is 19.4 Å². The Labute approximate surface area is 152 Å². The zero-order valence-electron chi connectivity index (χ0n) is 16.1. The van der Waals surface area contributed by atoms with Gasteiger partial charge in [-0.05, 0) is 33.2 Å². The van der Waals surface area contributed by atoms with Crippen LogP contribution in [0.1, 0.15) is 33.6 Å². The van der Waals surface area contributed by atoms with Gasteiger partial charge in [0.1, 0.15) is 0 Å². The van der Waals surface area contributed by atoms with Crippen LogP contribution < -0.4 is 10.6 Å². The lowest BCUT2D eigenvalue weighted by molar-refractivity contribution is -0.125. The molecule has 2 N–H and O–H groups in total. The van der Waals surface area contributed by atoms with E-state index < -0.39 is 0 Å². The summed E-state index contributed by atoms with van der Waals surface area (Å²) in [7, 11) is 0. The molecule has 2 saturated heterocycles. The van der Waals surface area contributed by atoms with E-state index in [1.165, 1.54) is 0 Å². The van der Waals surface area contributed by atoms with Crippen LogP contribution in [0.2, 0.25) is 0 Å². The first-order chi connectivity index (χ1) is 12.0. The summed E-state index contributed by atoms with van der Waals surface area (Å²) in [5.74, 6) is 0.223. The average molecular weight is 354 g/mol. The topological polar surface area (TPSA) is 67.9 Å². The molecule has 0 spiro atoms. The quantitative estimate of drug-likeness (QED) is 0.659. The van der Waals surface area contributed by atoms with Gasteiger partial charge in [0.05, 0.1) is 13.1 Å². The van der Waals surface area contributed by atoms with Crippen molar-refractivity contribution < 1.29 is 9.59 Å². The minimum absolute atomic E-state index is 0.0830. The molecule has 0 aromatic rings. The second-order valence-electron chi connectivity index (χ2n) is 7.55. The van der Waals surface area contributed by atoms with Crippen molar-refractivity contribution in [3.8, 4) is 0 Å². The lowest BCUT2D eigenvalue weighted by Crippen LogP contribution is -2.53. The highest BCUT2D eigenvalue weighted by molar-refractivity contribution is 5.79. The molecule has 0 saturated carbocycles. The fourth-order valence-electron chi connectivity index (χ4n) is 3.55. The molecule has 0 aromatic heterocycles. The largest absolute Gasteiger partial charge is 0.353 e. The van der Waals surface area contributed by atoms with E-state index in [1.807, 2.05) is 13.8 Å². The van der Waals surface area contributed by atoms with Crippen molar-refractivity contribution >= 4 is 11.8 Å². The Kier molecular flexibility index (Phi) is 8.12. The summed E-state index contributed by atoms with van der Waals surface area (Å²) in [5.41, 5.74) is 0. The summed E-state index contributed by atoms with van der Waals surface area (Å²) in [4.78, 5) is 30.9. The van der Waals surface area contributed by atoms with Gasteiger partial charge in [-0.15, -0.1) is 0 Å². The number of carbonyl (C=O) groups is 2. The molecule has 0 unspecified atom stereocenters. The Morgan fingerprint density at radius 2 is 1.40 bits per heavy atom. The standard InChI is InChI=1S/C18H35N5O2/c1-4-21-7-5-16(6-8-21)20-18(25)14-23-11-9-22(10-12-23)13-17(24)19-15(2)3/h15-16H,4-14H2,1-3H3,(H,19,24)(H,20,25). The maximum Gasteiger partial charge on any atom is 0.234 e. The Morgan fingerprint density at radius 1 is 0.880 bits per heavy atom. The molecule has 2 aliphatic rings. The van der Waals surface area contributed by atoms with Crippen LogP contribution in [-0.2, 0) is 9.59 Å². The maximum atomic E-state index is 12.3. The zero-order chi connectivity index (χ0) is 18.2. The minimum atomic E-state index is 0.0830. The van der Waals surface area contributed by atoms with Crippen LogP contribution in [0.15, 0.2) is 0 Å². The Bertz CT molecular complexity index is 427. The molecule has 144 valence electrons. The highest BCUT2D eigenvalue weighted by Gasteiger charge is 2.23. The minimum Gasteiger partial charge on any atom is -0.353 e. The number of nitrogens with one attached hydrogen (secondary N) is 2. The van der Waals surface area contributed by atoms with Crippen LogP contribution in [0.25, 0.3) is 0 Å². The number of likely N-dealkylation sites (tertiary alicyclic amines) is 1. The highest BCUT2D eigenvalue weighted by atomic mass is 16.2. The first-order valence-corrected chi connectivity index (χ1v) is 9.72. The maximum absolute atomic E-state index is 12.3. The molecule has 7 nitrogen and oxygen atoms in total. The monoisotopic (exact) mass is 353 g/mol. The van der Waals surface area contributed by atoms with E-state index in [-0.39, 0.29) is 17.9 Å². The van der Waals surface area contributed by atoms with E-state index >= 15 is 0 Å². The Morgan fingerprint density at radius 3 is 1.88 bits per heavy atom. The van der Waals surface area contributed by atoms with Crippen molar-refractivity contribution in [2.24, 2.45) is 0 Å². The summed E-state index contributed by atoms with van der Waals surface area (Å²) in [5, 5.41) is 6.12. The lowest BCUT2D eigenvalue weighted by Gasteiger charge is -2.35. The summed E-state index contributed by atoms with van der Waals surface area (Å²) >= 11 is 0. The number of piperidine rings is 1. The van der Waals surface area contributed by atoms with Gasteiger partial charge >= 0.3 is 0 Å². The van der Waals surface area contributed by atoms with Crippen molar-refractivity contribution in [3.63, 3.8) is 0 Å². The van der Waals surface area contributed by atoms with Gasteiger partial charge in [0.15, 0.2) is 0 Å². The first kappa shape index (κ1) is 20.1. The van der Waals surface area contributed by atoms with Crippen LogP contribution >= 0.6 is 0 Å². The second kappa shape index (κ2) is 10.1. The molecule has 0 atom stereocenters. The molecule has 0 radical (unpaired) electrons. The SMILES string of the molecule is CCN1CCC(NC(=O)CN2CCN(CC(=O)NC(C)C)CC2)CC1. The van der Waals surface area contributed by atoms with E-state index in [4.69, 9.17) is 0 Å². The van der Waals surface area contributed by atoms with Gasteiger partial charge in [-0.2, -0.15) is 0 Å². The molecule has 2 heterocycles. The molecular weight excluding hydrogens is 318 g/mol. The third-order valence-corrected chi connectivity index (χ3v) is 5.05. The number of nitrogens with zero attached hydrogens (tertiary/aromatic N) is 3. The van der Waals surface area contributed by atoms with Crippen molar-refractivity contribution in [2.75, 3.05) is 58.9 Å². The normalized spacial score (nSPS) is 21.4. The second-order valence-corrected chi connectivity index (χ2v) is 7.55. The summed E-state index contributed by atoms with van der Waals surface area (Å²) in [6.45, 7) is 13.7. The summed E-state index contributed by atoms with van der Waals surface area (Å²) < 4.78 is 0. The number of hydrogen-bond acceptors (Lipinski definition) is 5. The third kappa shape index (κ3) is 7.30. The smallest absolute Gasteiger partial charge is 0.234 e. The highest BCUT2D eigenvalue weighted by Crippen LogP contribution is 2.10. The number of piperazine rings is 1. The third-order valence-electron chi connectivity index (χ3n) is 5.05. The lowest BCUT2D eigenvalue weighted by atomic mass is 10.1. The van der Waals surface area contributed by atoms with Gasteiger partial charge in [0.2, 0.25) is 11.8 Å². The molecular formula is C18H35N5O2. The number of rotatable bonds is 7. The molecule has 2 amide bonds. The summed E-state index contributed by atoms with van der Waals surface area (Å²) in [6, 6.07) is 0.512. The molecule has 2 rings (SSSR count). The van der Waals surface area contributed by atoms with Crippen LogP contribution in [0.3, 0.4) is 0 Å². The average Bonchev–Trinajstić information content (AvgIpc) is 2.56. The predicted octanol–water partition coefficient (Wildman–Crippen LogP) is -0.271. The van der Waals surface area contributed by atoms with Crippen molar-refractivity contribution in [1.82, 2.24) is 25.3 Å². The van der Waals surface area contributed by atoms with Gasteiger partial charge in [-0.25, -0.2) is 0 Å². The Hall–Kier alpha value is -1.18. The molecule has 2 fully saturated rings. The van der Waals surface area contributed by atoms with Crippen molar-refractivity contribution in [1.29, 1.82) is 0 Å². The van der Waals surface area contributed by atoms with Gasteiger partial charge in [0, 0.05) is 51.4 Å². The molecule has 25 heavy (non-hydrogen) atoms. The van der Waals surface area contributed by atoms with Gasteiger partial charge < -0.3 is 15.5 Å².